The molecule has 1 saturated heterocycles. The summed E-state index contributed by atoms with van der Waals surface area (Å²) in [6.07, 6.45) is 0.421. The molecule has 1 fully saturated rings. The summed E-state index contributed by atoms with van der Waals surface area (Å²) in [6.45, 7) is 8.13. The molecule has 24 heavy (non-hydrogen) atoms. The molecule has 2 atom stereocenters. The van der Waals surface area contributed by atoms with Crippen LogP contribution in [0.15, 0.2) is 24.3 Å². The van der Waals surface area contributed by atoms with E-state index in [-0.39, 0.29) is 36.2 Å². The summed E-state index contributed by atoms with van der Waals surface area (Å²) >= 11 is 0. The number of carbonyl (C=O) groups excluding carboxylic acids is 2. The average molecular weight is 354 g/mol. The summed E-state index contributed by atoms with van der Waals surface area (Å²) in [5.74, 6) is 0.0386. The first kappa shape index (κ1) is 20.5. The van der Waals surface area contributed by atoms with Crippen molar-refractivity contribution in [2.45, 2.75) is 33.2 Å². The fourth-order valence-electron chi connectivity index (χ4n) is 2.68. The molecule has 0 radical (unpaired) electrons. The maximum absolute atomic E-state index is 12.4. The first-order valence-corrected chi connectivity index (χ1v) is 8.26. The van der Waals surface area contributed by atoms with Gasteiger partial charge in [0.25, 0.3) is 0 Å². The van der Waals surface area contributed by atoms with E-state index in [1.54, 1.807) is 0 Å². The van der Waals surface area contributed by atoms with Crippen LogP contribution in [0.1, 0.15) is 25.0 Å². The monoisotopic (exact) mass is 353 g/mol. The molecule has 6 heteroatoms. The lowest BCUT2D eigenvalue weighted by molar-refractivity contribution is -0.141. The second-order valence-electron chi connectivity index (χ2n) is 6.52. The van der Waals surface area contributed by atoms with Crippen molar-refractivity contribution in [3.05, 3.63) is 35.4 Å². The molecule has 2 amide bonds. The third-order valence-corrected chi connectivity index (χ3v) is 4.60. The SMILES string of the molecule is Cc1ccc(CC(=O)N2CCN(C(=O)C(C)C(C)N)CC2)cc1.Cl. The summed E-state index contributed by atoms with van der Waals surface area (Å²) in [6, 6.07) is 7.89. The van der Waals surface area contributed by atoms with E-state index in [1.807, 2.05) is 54.8 Å². The lowest BCUT2D eigenvalue weighted by Crippen LogP contribution is -2.53. The number of rotatable bonds is 4. The van der Waals surface area contributed by atoms with Gasteiger partial charge in [0.05, 0.1) is 12.3 Å². The van der Waals surface area contributed by atoms with E-state index in [0.717, 1.165) is 5.56 Å². The van der Waals surface area contributed by atoms with Gasteiger partial charge in [0.2, 0.25) is 11.8 Å². The predicted octanol–water partition coefficient (Wildman–Crippen LogP) is 1.61. The maximum Gasteiger partial charge on any atom is 0.227 e. The van der Waals surface area contributed by atoms with E-state index in [2.05, 4.69) is 0 Å². The van der Waals surface area contributed by atoms with Crippen molar-refractivity contribution in [3.63, 3.8) is 0 Å². The number of carbonyl (C=O) groups is 2. The van der Waals surface area contributed by atoms with Crippen molar-refractivity contribution in [1.82, 2.24) is 9.80 Å². The molecular formula is C18H28ClN3O2. The van der Waals surface area contributed by atoms with Gasteiger partial charge >= 0.3 is 0 Å². The standard InChI is InChI=1S/C18H27N3O2.ClH/c1-13-4-6-16(7-5-13)12-17(22)20-8-10-21(11-9-20)18(23)14(2)15(3)19;/h4-7,14-15H,8-12,19H2,1-3H3;1H. The number of piperazine rings is 1. The summed E-state index contributed by atoms with van der Waals surface area (Å²) in [5, 5.41) is 0. The normalized spacial score (nSPS) is 17.0. The van der Waals surface area contributed by atoms with E-state index in [9.17, 15) is 9.59 Å². The Morgan fingerprint density at radius 2 is 1.54 bits per heavy atom. The lowest BCUT2D eigenvalue weighted by Gasteiger charge is -2.36. The van der Waals surface area contributed by atoms with Crippen molar-refractivity contribution < 1.29 is 9.59 Å². The molecule has 1 aliphatic rings. The van der Waals surface area contributed by atoms with E-state index < -0.39 is 0 Å². The zero-order valence-electron chi connectivity index (χ0n) is 14.7. The van der Waals surface area contributed by atoms with Gasteiger partial charge in [-0.25, -0.2) is 0 Å². The van der Waals surface area contributed by atoms with Crippen molar-refractivity contribution in [2.75, 3.05) is 26.2 Å². The summed E-state index contributed by atoms with van der Waals surface area (Å²) < 4.78 is 0. The summed E-state index contributed by atoms with van der Waals surface area (Å²) in [7, 11) is 0. The molecule has 1 aromatic rings. The van der Waals surface area contributed by atoms with Gasteiger partial charge in [-0.1, -0.05) is 36.8 Å². The molecule has 2 N–H and O–H groups in total. The Balaban J connectivity index is 0.00000288. The Morgan fingerprint density at radius 3 is 2.04 bits per heavy atom. The minimum absolute atomic E-state index is 0. The topological polar surface area (TPSA) is 66.6 Å². The molecule has 134 valence electrons. The number of halogens is 1. The molecule has 1 aliphatic heterocycles. The van der Waals surface area contributed by atoms with Gasteiger partial charge in [0.15, 0.2) is 0 Å². The number of nitrogens with two attached hydrogens (primary N) is 1. The van der Waals surface area contributed by atoms with Crippen LogP contribution in [0.4, 0.5) is 0 Å². The Labute approximate surface area is 150 Å². The Bertz CT molecular complexity index is 552. The quantitative estimate of drug-likeness (QED) is 0.894. The van der Waals surface area contributed by atoms with Crippen LogP contribution < -0.4 is 5.73 Å². The molecule has 0 saturated carbocycles. The molecule has 0 aliphatic carbocycles. The van der Waals surface area contributed by atoms with Crippen LogP contribution in [0.5, 0.6) is 0 Å². The first-order valence-electron chi connectivity index (χ1n) is 8.26. The zero-order chi connectivity index (χ0) is 17.0. The molecular weight excluding hydrogens is 326 g/mol. The van der Waals surface area contributed by atoms with Gasteiger partial charge in [-0.3, -0.25) is 9.59 Å². The minimum Gasteiger partial charge on any atom is -0.339 e. The van der Waals surface area contributed by atoms with E-state index in [0.29, 0.717) is 32.6 Å². The number of amides is 2. The molecule has 1 aromatic carbocycles. The fraction of sp³-hybridized carbons (Fsp3) is 0.556. The third kappa shape index (κ3) is 5.21. The number of aryl methyl sites for hydroxylation is 1. The Kier molecular flexibility index (Phi) is 7.70. The highest BCUT2D eigenvalue weighted by molar-refractivity contribution is 5.85. The van der Waals surface area contributed by atoms with Gasteiger partial charge in [-0.2, -0.15) is 0 Å². The van der Waals surface area contributed by atoms with Gasteiger partial charge in [-0.15, -0.1) is 12.4 Å². The molecule has 0 spiro atoms. The lowest BCUT2D eigenvalue weighted by atomic mass is 10.0. The molecule has 2 rings (SSSR count). The average Bonchev–Trinajstić information content (AvgIpc) is 2.55. The van der Waals surface area contributed by atoms with Crippen LogP contribution in [0, 0.1) is 12.8 Å². The van der Waals surface area contributed by atoms with Gasteiger partial charge in [0, 0.05) is 32.2 Å². The smallest absolute Gasteiger partial charge is 0.227 e. The van der Waals surface area contributed by atoms with Crippen LogP contribution in [-0.4, -0.2) is 53.8 Å². The molecule has 0 aromatic heterocycles. The van der Waals surface area contributed by atoms with Crippen LogP contribution in [0.3, 0.4) is 0 Å². The van der Waals surface area contributed by atoms with Crippen LogP contribution in [0.2, 0.25) is 0 Å². The molecule has 5 nitrogen and oxygen atoms in total. The number of nitrogens with zero attached hydrogens (tertiary/aromatic N) is 2. The van der Waals surface area contributed by atoms with E-state index in [1.165, 1.54) is 5.56 Å². The largest absolute Gasteiger partial charge is 0.339 e. The van der Waals surface area contributed by atoms with Crippen molar-refractivity contribution in [3.8, 4) is 0 Å². The second-order valence-corrected chi connectivity index (χ2v) is 6.52. The number of hydrogen-bond donors (Lipinski definition) is 1. The summed E-state index contributed by atoms with van der Waals surface area (Å²) in [4.78, 5) is 28.3. The third-order valence-electron chi connectivity index (χ3n) is 4.60. The highest BCUT2D eigenvalue weighted by Crippen LogP contribution is 2.12. The number of benzene rings is 1. The highest BCUT2D eigenvalue weighted by atomic mass is 35.5. The fourth-order valence-corrected chi connectivity index (χ4v) is 2.68. The molecule has 0 bridgehead atoms. The van der Waals surface area contributed by atoms with Crippen LogP contribution in [0.25, 0.3) is 0 Å². The highest BCUT2D eigenvalue weighted by Gasteiger charge is 2.28. The number of hydrogen-bond acceptors (Lipinski definition) is 3. The minimum atomic E-state index is -0.176. The van der Waals surface area contributed by atoms with Crippen LogP contribution in [-0.2, 0) is 16.0 Å². The first-order chi connectivity index (χ1) is 10.9. The zero-order valence-corrected chi connectivity index (χ0v) is 15.5. The van der Waals surface area contributed by atoms with Crippen LogP contribution >= 0.6 is 12.4 Å². The van der Waals surface area contributed by atoms with E-state index >= 15 is 0 Å². The Hall–Kier alpha value is -1.59. The van der Waals surface area contributed by atoms with Crippen molar-refractivity contribution in [2.24, 2.45) is 11.7 Å². The predicted molar refractivity (Wildman–Crippen MR) is 98.1 cm³/mol. The van der Waals surface area contributed by atoms with Gasteiger partial charge in [-0.05, 0) is 19.4 Å². The van der Waals surface area contributed by atoms with Crippen molar-refractivity contribution in [1.29, 1.82) is 0 Å². The molecule has 2 unspecified atom stereocenters. The summed E-state index contributed by atoms with van der Waals surface area (Å²) in [5.41, 5.74) is 8.03. The van der Waals surface area contributed by atoms with Gasteiger partial charge in [0.1, 0.15) is 0 Å². The second kappa shape index (κ2) is 9.04. The van der Waals surface area contributed by atoms with E-state index in [4.69, 9.17) is 5.73 Å². The Morgan fingerprint density at radius 1 is 1.04 bits per heavy atom. The maximum atomic E-state index is 12.4. The van der Waals surface area contributed by atoms with Crippen molar-refractivity contribution >= 4 is 24.2 Å². The molecule has 1 heterocycles. The van der Waals surface area contributed by atoms with Gasteiger partial charge < -0.3 is 15.5 Å².